The van der Waals surface area contributed by atoms with Gasteiger partial charge in [-0.25, -0.2) is 4.79 Å². The lowest BCUT2D eigenvalue weighted by atomic mass is 9.83. The van der Waals surface area contributed by atoms with Gasteiger partial charge in [-0.2, -0.15) is 0 Å². The van der Waals surface area contributed by atoms with Gasteiger partial charge in [0.15, 0.2) is 0 Å². The number of thiophene rings is 1. The van der Waals surface area contributed by atoms with E-state index in [9.17, 15) is 14.4 Å². The second-order valence-corrected chi connectivity index (χ2v) is 11.7. The highest BCUT2D eigenvalue weighted by molar-refractivity contribution is 7.09. The number of anilines is 3. The summed E-state index contributed by atoms with van der Waals surface area (Å²) in [5, 5.41) is 11.3. The van der Waals surface area contributed by atoms with E-state index >= 15 is 0 Å². The summed E-state index contributed by atoms with van der Waals surface area (Å²) in [5.74, 6) is 0.284. The van der Waals surface area contributed by atoms with Crippen LogP contribution in [0.4, 0.5) is 21.9 Å². The minimum absolute atomic E-state index is 0.0415. The Morgan fingerprint density at radius 1 is 0.950 bits per heavy atom. The predicted molar refractivity (Wildman–Crippen MR) is 160 cm³/mol. The minimum atomic E-state index is -0.422. The number of nitrogens with zero attached hydrogens (tertiary/aromatic N) is 2. The predicted octanol–water partition coefficient (Wildman–Crippen LogP) is 5.76. The number of amides is 3. The molecule has 10 heteroatoms. The third-order valence-electron chi connectivity index (χ3n) is 7.43. The maximum absolute atomic E-state index is 13.1. The number of hydrogen-bond acceptors (Lipinski definition) is 5. The number of pyridine rings is 1. The maximum Gasteiger partial charge on any atom is 0.323 e. The molecule has 2 unspecified atom stereocenters. The van der Waals surface area contributed by atoms with Crippen LogP contribution in [-0.4, -0.2) is 29.6 Å². The molecule has 2 aromatic carbocycles. The smallest absolute Gasteiger partial charge is 0.323 e. The van der Waals surface area contributed by atoms with Crippen molar-refractivity contribution < 1.29 is 9.59 Å². The molecule has 204 valence electrons. The van der Waals surface area contributed by atoms with Crippen molar-refractivity contribution in [1.29, 1.82) is 0 Å². The topological polar surface area (TPSA) is 95.5 Å². The lowest BCUT2D eigenvalue weighted by Gasteiger charge is -2.44. The van der Waals surface area contributed by atoms with Crippen molar-refractivity contribution in [3.63, 3.8) is 0 Å². The average Bonchev–Trinajstić information content (AvgIpc) is 3.47. The largest absolute Gasteiger partial charge is 0.369 e. The van der Waals surface area contributed by atoms with Crippen LogP contribution in [0, 0.1) is 5.92 Å². The van der Waals surface area contributed by atoms with Crippen molar-refractivity contribution in [2.75, 3.05) is 28.6 Å². The molecule has 2 bridgehead atoms. The van der Waals surface area contributed by atoms with Gasteiger partial charge in [0.25, 0.3) is 11.5 Å². The van der Waals surface area contributed by atoms with Crippen molar-refractivity contribution in [2.24, 2.45) is 5.92 Å². The molecule has 3 amide bonds. The molecule has 6 rings (SSSR count). The number of nitrogens with one attached hydrogen (secondary N) is 3. The molecule has 0 radical (unpaired) electrons. The maximum atomic E-state index is 13.1. The van der Waals surface area contributed by atoms with Crippen LogP contribution in [0.5, 0.6) is 0 Å². The van der Waals surface area contributed by atoms with Gasteiger partial charge < -0.3 is 25.4 Å². The van der Waals surface area contributed by atoms with E-state index in [-0.39, 0.29) is 17.4 Å². The van der Waals surface area contributed by atoms with Crippen LogP contribution in [0.3, 0.4) is 0 Å². The van der Waals surface area contributed by atoms with Crippen LogP contribution in [0.25, 0.3) is 0 Å². The van der Waals surface area contributed by atoms with Gasteiger partial charge in [-0.05, 0) is 72.3 Å². The summed E-state index contributed by atoms with van der Waals surface area (Å²) in [6.07, 6.45) is 1.02. The Morgan fingerprint density at radius 3 is 2.60 bits per heavy atom. The lowest BCUT2D eigenvalue weighted by Crippen LogP contribution is -2.47. The Bertz CT molecular complexity index is 1600. The van der Waals surface area contributed by atoms with Crippen molar-refractivity contribution in [3.05, 3.63) is 110 Å². The third-order valence-corrected chi connectivity index (χ3v) is 8.56. The number of rotatable bonds is 6. The van der Waals surface area contributed by atoms with Crippen molar-refractivity contribution in [3.8, 4) is 0 Å². The highest BCUT2D eigenvalue weighted by Crippen LogP contribution is 2.39. The van der Waals surface area contributed by atoms with E-state index in [1.807, 2.05) is 40.3 Å². The molecule has 3 N–H and O–H groups in total. The van der Waals surface area contributed by atoms with Crippen molar-refractivity contribution >= 4 is 51.9 Å². The molecule has 2 aromatic heterocycles. The SMILES string of the molecule is O=C(Nc1ccc(Cl)cc1)Nc1cc(C(=O)NCc2cccs2)ccc1N1CC2CC(C1)c1cccc(=O)n1C2. The van der Waals surface area contributed by atoms with Crippen LogP contribution >= 0.6 is 22.9 Å². The molecule has 4 aromatic rings. The first kappa shape index (κ1) is 26.2. The number of halogens is 1. The Balaban J connectivity index is 1.27. The number of carbonyl (C=O) groups excluding carboxylic acids is 2. The summed E-state index contributed by atoms with van der Waals surface area (Å²) in [6.45, 7) is 2.56. The molecule has 2 aliphatic rings. The number of aromatic nitrogens is 1. The summed E-state index contributed by atoms with van der Waals surface area (Å²) >= 11 is 7.56. The third kappa shape index (κ3) is 5.61. The zero-order valence-corrected chi connectivity index (χ0v) is 23.2. The Labute approximate surface area is 240 Å². The molecular weight excluding hydrogens is 546 g/mol. The summed E-state index contributed by atoms with van der Waals surface area (Å²) in [6, 6.07) is 21.3. The average molecular weight is 574 g/mol. The Morgan fingerprint density at radius 2 is 1.80 bits per heavy atom. The first-order chi connectivity index (χ1) is 19.4. The number of hydrogen-bond donors (Lipinski definition) is 3. The van der Waals surface area contributed by atoms with E-state index in [4.69, 9.17) is 11.6 Å². The first-order valence-corrected chi connectivity index (χ1v) is 14.4. The van der Waals surface area contributed by atoms with Gasteiger partial charge in [0.05, 0.1) is 17.9 Å². The number of benzene rings is 2. The zero-order chi connectivity index (χ0) is 27.6. The van der Waals surface area contributed by atoms with E-state index in [1.54, 1.807) is 53.8 Å². The van der Waals surface area contributed by atoms with Gasteiger partial charge in [0.2, 0.25) is 0 Å². The second kappa shape index (κ2) is 11.2. The van der Waals surface area contributed by atoms with Gasteiger partial charge >= 0.3 is 6.03 Å². The van der Waals surface area contributed by atoms with Gasteiger partial charge in [-0.15, -0.1) is 11.3 Å². The molecule has 4 heterocycles. The number of urea groups is 1. The first-order valence-electron chi connectivity index (χ1n) is 13.2. The number of carbonyl (C=O) groups is 2. The van der Waals surface area contributed by atoms with E-state index < -0.39 is 6.03 Å². The number of piperidine rings is 1. The van der Waals surface area contributed by atoms with Gasteiger partial charge in [0.1, 0.15) is 0 Å². The van der Waals surface area contributed by atoms with Crippen LogP contribution in [0.1, 0.15) is 33.3 Å². The van der Waals surface area contributed by atoms with Gasteiger partial charge in [-0.1, -0.05) is 23.7 Å². The van der Waals surface area contributed by atoms with Gasteiger partial charge in [-0.3, -0.25) is 9.59 Å². The molecular formula is C30H28ClN5O3S. The van der Waals surface area contributed by atoms with E-state index in [0.717, 1.165) is 29.2 Å². The summed E-state index contributed by atoms with van der Waals surface area (Å²) < 4.78 is 1.90. The fourth-order valence-electron chi connectivity index (χ4n) is 5.65. The monoisotopic (exact) mass is 573 g/mol. The van der Waals surface area contributed by atoms with Crippen LogP contribution < -0.4 is 26.4 Å². The van der Waals surface area contributed by atoms with Crippen LogP contribution in [-0.2, 0) is 13.1 Å². The molecule has 8 nitrogen and oxygen atoms in total. The Kier molecular flexibility index (Phi) is 7.32. The summed E-state index contributed by atoms with van der Waals surface area (Å²) in [7, 11) is 0. The second-order valence-electron chi connectivity index (χ2n) is 10.2. The minimum Gasteiger partial charge on any atom is -0.369 e. The van der Waals surface area contributed by atoms with Gasteiger partial charge in [0, 0.05) is 58.5 Å². The molecule has 1 fully saturated rings. The molecule has 0 aliphatic carbocycles. The fourth-order valence-corrected chi connectivity index (χ4v) is 6.42. The molecule has 0 saturated carbocycles. The standard InChI is InChI=1S/C30H28ClN5O3S/c31-22-7-9-23(10-8-22)33-30(39)34-25-14-20(29(38)32-15-24-3-2-12-40-24)6-11-27(25)35-16-19-13-21(18-35)26-4-1-5-28(37)36(26)17-19/h1-12,14,19,21H,13,15-18H2,(H,32,38)(H2,33,34,39). The molecule has 40 heavy (non-hydrogen) atoms. The van der Waals surface area contributed by atoms with Crippen molar-refractivity contribution in [2.45, 2.75) is 25.4 Å². The molecule has 0 spiro atoms. The normalized spacial score (nSPS) is 17.6. The van der Waals surface area contributed by atoms with E-state index in [2.05, 4.69) is 20.9 Å². The van der Waals surface area contributed by atoms with Crippen LogP contribution in [0.15, 0.2) is 83.0 Å². The van der Waals surface area contributed by atoms with E-state index in [1.165, 1.54) is 0 Å². The fraction of sp³-hybridized carbons (Fsp3) is 0.233. The highest BCUT2D eigenvalue weighted by atomic mass is 35.5. The quantitative estimate of drug-likeness (QED) is 0.273. The highest BCUT2D eigenvalue weighted by Gasteiger charge is 2.35. The lowest BCUT2D eigenvalue weighted by molar-refractivity contribution is 0.0951. The molecule has 2 aliphatic heterocycles. The van der Waals surface area contributed by atoms with Crippen LogP contribution in [0.2, 0.25) is 5.02 Å². The molecule has 1 saturated heterocycles. The zero-order valence-electron chi connectivity index (χ0n) is 21.6. The Hall–Kier alpha value is -4.08. The van der Waals surface area contributed by atoms with Crippen molar-refractivity contribution in [1.82, 2.24) is 9.88 Å². The summed E-state index contributed by atoms with van der Waals surface area (Å²) in [4.78, 5) is 41.9. The van der Waals surface area contributed by atoms with E-state index in [0.29, 0.717) is 47.5 Å². The molecule has 2 atom stereocenters. The summed E-state index contributed by atoms with van der Waals surface area (Å²) in [5.41, 5.74) is 3.52. The number of fused-ring (bicyclic) bond motifs is 4.